The molecule has 0 spiro atoms. The van der Waals surface area contributed by atoms with Crippen LogP contribution < -0.4 is 14.8 Å². The van der Waals surface area contributed by atoms with Gasteiger partial charge in [0.2, 0.25) is 0 Å². The van der Waals surface area contributed by atoms with Crippen molar-refractivity contribution in [2.45, 2.75) is 12.5 Å². The van der Waals surface area contributed by atoms with Gasteiger partial charge in [-0.3, -0.25) is 9.78 Å². The average Bonchev–Trinajstić information content (AvgIpc) is 3.08. The van der Waals surface area contributed by atoms with Crippen LogP contribution in [0.25, 0.3) is 0 Å². The molecule has 1 aromatic carbocycles. The van der Waals surface area contributed by atoms with Crippen LogP contribution in [0.1, 0.15) is 15.9 Å². The summed E-state index contributed by atoms with van der Waals surface area (Å²) in [6.45, 7) is 1.12. The number of amides is 1. The molecule has 2 aromatic rings. The standard InChI is InChI=1S/C19H22N2O4/c1-23-16-4-3-5-17(24-2)18(16)19(22)21-15-12-25-11-14(15)10-13-6-8-20-9-7-13/h3-9,14-15H,10-12H2,1-2H3,(H,21,22). The van der Waals surface area contributed by atoms with Crippen LogP contribution in [0.4, 0.5) is 0 Å². The normalized spacial score (nSPS) is 19.4. The second kappa shape index (κ2) is 7.98. The molecule has 25 heavy (non-hydrogen) atoms. The number of carbonyl (C=O) groups excluding carboxylic acids is 1. The summed E-state index contributed by atoms with van der Waals surface area (Å²) in [7, 11) is 3.08. The Hall–Kier alpha value is -2.60. The lowest BCUT2D eigenvalue weighted by molar-refractivity contribution is 0.0918. The number of rotatable bonds is 6. The first kappa shape index (κ1) is 17.2. The first-order valence-corrected chi connectivity index (χ1v) is 8.21. The quantitative estimate of drug-likeness (QED) is 0.870. The topological polar surface area (TPSA) is 69.7 Å². The highest BCUT2D eigenvalue weighted by atomic mass is 16.5. The van der Waals surface area contributed by atoms with E-state index in [-0.39, 0.29) is 17.9 Å². The van der Waals surface area contributed by atoms with E-state index >= 15 is 0 Å². The van der Waals surface area contributed by atoms with Crippen molar-refractivity contribution in [2.24, 2.45) is 5.92 Å². The fourth-order valence-electron chi connectivity index (χ4n) is 3.10. The van der Waals surface area contributed by atoms with Crippen LogP contribution in [-0.4, -0.2) is 44.4 Å². The molecule has 6 heteroatoms. The minimum atomic E-state index is -0.218. The van der Waals surface area contributed by atoms with Crippen molar-refractivity contribution in [2.75, 3.05) is 27.4 Å². The predicted octanol–water partition coefficient (Wildman–Crippen LogP) is 2.09. The second-order valence-corrected chi connectivity index (χ2v) is 5.97. The Kier molecular flexibility index (Phi) is 5.50. The van der Waals surface area contributed by atoms with Gasteiger partial charge in [-0.15, -0.1) is 0 Å². The summed E-state index contributed by atoms with van der Waals surface area (Å²) in [5, 5.41) is 3.08. The molecule has 132 valence electrons. The number of methoxy groups -OCH3 is 2. The first-order chi connectivity index (χ1) is 12.2. The number of hydrogen-bond donors (Lipinski definition) is 1. The van der Waals surface area contributed by atoms with E-state index in [0.29, 0.717) is 30.3 Å². The highest BCUT2D eigenvalue weighted by Gasteiger charge is 2.31. The molecule has 1 saturated heterocycles. The largest absolute Gasteiger partial charge is 0.496 e. The maximum absolute atomic E-state index is 12.8. The second-order valence-electron chi connectivity index (χ2n) is 5.97. The van der Waals surface area contributed by atoms with Crippen LogP contribution in [0, 0.1) is 5.92 Å². The Morgan fingerprint density at radius 3 is 2.48 bits per heavy atom. The van der Waals surface area contributed by atoms with E-state index in [2.05, 4.69) is 10.3 Å². The predicted molar refractivity (Wildman–Crippen MR) is 93.1 cm³/mol. The molecule has 1 amide bonds. The molecule has 0 aliphatic carbocycles. The third kappa shape index (κ3) is 3.91. The van der Waals surface area contributed by atoms with Gasteiger partial charge in [-0.1, -0.05) is 6.07 Å². The fraction of sp³-hybridized carbons (Fsp3) is 0.368. The molecule has 0 radical (unpaired) electrons. The Bertz CT molecular complexity index is 698. The van der Waals surface area contributed by atoms with E-state index < -0.39 is 0 Å². The van der Waals surface area contributed by atoms with Gasteiger partial charge in [0.1, 0.15) is 17.1 Å². The minimum absolute atomic E-state index is 0.0599. The van der Waals surface area contributed by atoms with Crippen LogP contribution >= 0.6 is 0 Å². The summed E-state index contributed by atoms with van der Waals surface area (Å²) >= 11 is 0. The SMILES string of the molecule is COc1cccc(OC)c1C(=O)NC1COCC1Cc1ccncc1. The van der Waals surface area contributed by atoms with Gasteiger partial charge in [0.15, 0.2) is 0 Å². The summed E-state index contributed by atoms with van der Waals surface area (Å²) in [6, 6.07) is 9.20. The monoisotopic (exact) mass is 342 g/mol. The van der Waals surface area contributed by atoms with Crippen LogP contribution in [0.2, 0.25) is 0 Å². The number of nitrogens with zero attached hydrogens (tertiary/aromatic N) is 1. The number of ether oxygens (including phenoxy) is 3. The number of nitrogens with one attached hydrogen (secondary N) is 1. The average molecular weight is 342 g/mol. The van der Waals surface area contributed by atoms with E-state index in [4.69, 9.17) is 14.2 Å². The lowest BCUT2D eigenvalue weighted by atomic mass is 9.95. The van der Waals surface area contributed by atoms with Gasteiger partial charge >= 0.3 is 0 Å². The molecule has 1 aliphatic rings. The van der Waals surface area contributed by atoms with Crippen molar-refractivity contribution < 1.29 is 19.0 Å². The Balaban J connectivity index is 1.74. The van der Waals surface area contributed by atoms with Crippen molar-refractivity contribution in [1.82, 2.24) is 10.3 Å². The van der Waals surface area contributed by atoms with E-state index in [0.717, 1.165) is 6.42 Å². The van der Waals surface area contributed by atoms with Gasteiger partial charge in [-0.2, -0.15) is 0 Å². The van der Waals surface area contributed by atoms with E-state index in [1.165, 1.54) is 19.8 Å². The Labute approximate surface area is 147 Å². The van der Waals surface area contributed by atoms with Crippen LogP contribution in [-0.2, 0) is 11.2 Å². The molecule has 6 nitrogen and oxygen atoms in total. The lowest BCUT2D eigenvalue weighted by Gasteiger charge is -2.20. The molecular formula is C19H22N2O4. The fourth-order valence-corrected chi connectivity index (χ4v) is 3.10. The maximum atomic E-state index is 12.8. The Morgan fingerprint density at radius 2 is 1.84 bits per heavy atom. The molecule has 0 saturated carbocycles. The molecule has 1 N–H and O–H groups in total. The van der Waals surface area contributed by atoms with Crippen molar-refractivity contribution in [3.05, 3.63) is 53.9 Å². The summed E-state index contributed by atoms with van der Waals surface area (Å²) in [5.41, 5.74) is 1.58. The number of pyridine rings is 1. The van der Waals surface area contributed by atoms with Crippen LogP contribution in [0.5, 0.6) is 11.5 Å². The van der Waals surface area contributed by atoms with Crippen molar-refractivity contribution >= 4 is 5.91 Å². The molecule has 1 aromatic heterocycles. The van der Waals surface area contributed by atoms with Gasteiger partial charge < -0.3 is 19.5 Å². The number of carbonyl (C=O) groups is 1. The molecule has 1 aliphatic heterocycles. The van der Waals surface area contributed by atoms with Crippen molar-refractivity contribution in [3.8, 4) is 11.5 Å². The summed E-state index contributed by atoms with van der Waals surface area (Å²) in [5.74, 6) is 0.972. The highest BCUT2D eigenvalue weighted by Crippen LogP contribution is 2.29. The molecule has 3 rings (SSSR count). The Morgan fingerprint density at radius 1 is 1.16 bits per heavy atom. The first-order valence-electron chi connectivity index (χ1n) is 8.21. The zero-order chi connectivity index (χ0) is 17.6. The van der Waals surface area contributed by atoms with Gasteiger partial charge in [0.05, 0.1) is 33.5 Å². The number of aromatic nitrogens is 1. The molecule has 0 bridgehead atoms. The maximum Gasteiger partial charge on any atom is 0.259 e. The van der Waals surface area contributed by atoms with Crippen molar-refractivity contribution in [1.29, 1.82) is 0 Å². The van der Waals surface area contributed by atoms with E-state index in [9.17, 15) is 4.79 Å². The van der Waals surface area contributed by atoms with Crippen LogP contribution in [0.15, 0.2) is 42.7 Å². The molecule has 2 unspecified atom stereocenters. The zero-order valence-corrected chi connectivity index (χ0v) is 14.4. The summed E-state index contributed by atoms with van der Waals surface area (Å²) < 4.78 is 16.2. The summed E-state index contributed by atoms with van der Waals surface area (Å²) in [6.07, 6.45) is 4.38. The molecule has 2 atom stereocenters. The van der Waals surface area contributed by atoms with Gasteiger partial charge in [-0.25, -0.2) is 0 Å². The van der Waals surface area contributed by atoms with Crippen molar-refractivity contribution in [3.63, 3.8) is 0 Å². The highest BCUT2D eigenvalue weighted by molar-refractivity contribution is 5.99. The number of hydrogen-bond acceptors (Lipinski definition) is 5. The van der Waals surface area contributed by atoms with E-state index in [1.54, 1.807) is 30.6 Å². The summed E-state index contributed by atoms with van der Waals surface area (Å²) in [4.78, 5) is 16.9. The zero-order valence-electron chi connectivity index (χ0n) is 14.4. The number of benzene rings is 1. The molecule has 1 fully saturated rings. The van der Waals surface area contributed by atoms with Gasteiger partial charge in [0, 0.05) is 18.3 Å². The lowest BCUT2D eigenvalue weighted by Crippen LogP contribution is -2.40. The molecule has 2 heterocycles. The van der Waals surface area contributed by atoms with E-state index in [1.807, 2.05) is 12.1 Å². The minimum Gasteiger partial charge on any atom is -0.496 e. The van der Waals surface area contributed by atoms with Gasteiger partial charge in [0.25, 0.3) is 5.91 Å². The molecular weight excluding hydrogens is 320 g/mol. The third-order valence-electron chi connectivity index (χ3n) is 4.42. The van der Waals surface area contributed by atoms with Crippen LogP contribution in [0.3, 0.4) is 0 Å². The van der Waals surface area contributed by atoms with Gasteiger partial charge in [-0.05, 0) is 36.2 Å². The smallest absolute Gasteiger partial charge is 0.259 e. The third-order valence-corrected chi connectivity index (χ3v) is 4.42.